The van der Waals surface area contributed by atoms with E-state index in [0.717, 1.165) is 50.6 Å². The van der Waals surface area contributed by atoms with Gasteiger partial charge in [0.1, 0.15) is 5.82 Å². The van der Waals surface area contributed by atoms with Crippen molar-refractivity contribution in [2.24, 2.45) is 10.9 Å². The van der Waals surface area contributed by atoms with Crippen molar-refractivity contribution >= 4 is 29.9 Å². The summed E-state index contributed by atoms with van der Waals surface area (Å²) in [7, 11) is 3.48. The van der Waals surface area contributed by atoms with E-state index in [0.29, 0.717) is 19.1 Å². The van der Waals surface area contributed by atoms with Gasteiger partial charge in [-0.25, -0.2) is 4.39 Å². The zero-order valence-corrected chi connectivity index (χ0v) is 17.4. The number of benzene rings is 1. The van der Waals surface area contributed by atoms with Gasteiger partial charge in [0.2, 0.25) is 0 Å². The number of hydrogen-bond donors (Lipinski definition) is 1. The average Bonchev–Trinajstić information content (AvgIpc) is 3.04. The largest absolute Gasteiger partial charge is 0.382 e. The molecule has 0 bridgehead atoms. The summed E-state index contributed by atoms with van der Waals surface area (Å²) in [6.45, 7) is 4.72. The van der Waals surface area contributed by atoms with Crippen LogP contribution in [0.4, 0.5) is 4.39 Å². The highest BCUT2D eigenvalue weighted by Gasteiger charge is 2.24. The van der Waals surface area contributed by atoms with E-state index in [1.165, 1.54) is 6.07 Å². The number of nitrogens with zero attached hydrogens (tertiary/aromatic N) is 2. The van der Waals surface area contributed by atoms with Gasteiger partial charge in [-0.15, -0.1) is 24.0 Å². The Morgan fingerprint density at radius 2 is 2.24 bits per heavy atom. The molecule has 1 aliphatic rings. The number of rotatable bonds is 8. The van der Waals surface area contributed by atoms with E-state index in [1.807, 2.05) is 6.07 Å². The fourth-order valence-electron chi connectivity index (χ4n) is 2.90. The minimum Gasteiger partial charge on any atom is -0.382 e. The lowest BCUT2D eigenvalue weighted by Crippen LogP contribution is -2.41. The van der Waals surface area contributed by atoms with Crippen molar-refractivity contribution in [2.45, 2.75) is 12.8 Å². The Labute approximate surface area is 167 Å². The lowest BCUT2D eigenvalue weighted by atomic mass is 10.1. The Bertz CT molecular complexity index is 531. The number of likely N-dealkylation sites (tertiary alicyclic amines) is 1. The topological polar surface area (TPSA) is 46.1 Å². The molecule has 1 aromatic rings. The van der Waals surface area contributed by atoms with Gasteiger partial charge in [0.05, 0.1) is 19.8 Å². The minimum absolute atomic E-state index is 0. The predicted molar refractivity (Wildman–Crippen MR) is 109 cm³/mol. The van der Waals surface area contributed by atoms with Gasteiger partial charge in [-0.1, -0.05) is 12.1 Å². The van der Waals surface area contributed by atoms with Crippen LogP contribution < -0.4 is 5.32 Å². The molecule has 1 N–H and O–H groups in total. The molecule has 1 aromatic carbocycles. The van der Waals surface area contributed by atoms with Gasteiger partial charge in [0.15, 0.2) is 5.96 Å². The van der Waals surface area contributed by atoms with Crippen LogP contribution in [0.2, 0.25) is 0 Å². The van der Waals surface area contributed by atoms with Crippen LogP contribution in [-0.4, -0.2) is 64.5 Å². The van der Waals surface area contributed by atoms with E-state index in [9.17, 15) is 4.39 Å². The standard InChI is InChI=1S/C18H28FN3O2.HI/c1-20-18(21-8-6-15-4-3-5-17(19)12-15)22-9-7-16(13-22)14-24-11-10-23-2;/h3-5,12,16H,6-11,13-14H2,1-2H3,(H,20,21);1H. The summed E-state index contributed by atoms with van der Waals surface area (Å²) in [5.41, 5.74) is 0.990. The first-order chi connectivity index (χ1) is 11.7. The number of methoxy groups -OCH3 is 1. The van der Waals surface area contributed by atoms with Crippen molar-refractivity contribution in [1.29, 1.82) is 0 Å². The maximum absolute atomic E-state index is 13.2. The van der Waals surface area contributed by atoms with Crippen LogP contribution in [0.25, 0.3) is 0 Å². The van der Waals surface area contributed by atoms with Gasteiger partial charge in [0, 0.05) is 39.7 Å². The second-order valence-electron chi connectivity index (χ2n) is 6.02. The molecule has 0 amide bonds. The van der Waals surface area contributed by atoms with E-state index in [4.69, 9.17) is 9.47 Å². The van der Waals surface area contributed by atoms with Gasteiger partial charge >= 0.3 is 0 Å². The third-order valence-electron chi connectivity index (χ3n) is 4.17. The summed E-state index contributed by atoms with van der Waals surface area (Å²) < 4.78 is 23.8. The van der Waals surface area contributed by atoms with E-state index < -0.39 is 0 Å². The fourth-order valence-corrected chi connectivity index (χ4v) is 2.90. The monoisotopic (exact) mass is 465 g/mol. The first-order valence-electron chi connectivity index (χ1n) is 8.49. The maximum atomic E-state index is 13.2. The molecule has 25 heavy (non-hydrogen) atoms. The van der Waals surface area contributed by atoms with Crippen LogP contribution in [0.3, 0.4) is 0 Å². The van der Waals surface area contributed by atoms with Crippen molar-refractivity contribution in [3.63, 3.8) is 0 Å². The highest BCUT2D eigenvalue weighted by atomic mass is 127. The molecule has 1 atom stereocenters. The van der Waals surface area contributed by atoms with Crippen LogP contribution >= 0.6 is 24.0 Å². The zero-order valence-electron chi connectivity index (χ0n) is 15.0. The first kappa shape index (κ1) is 22.1. The van der Waals surface area contributed by atoms with E-state index in [1.54, 1.807) is 26.3 Å². The number of hydrogen-bond acceptors (Lipinski definition) is 3. The fraction of sp³-hybridized carbons (Fsp3) is 0.611. The van der Waals surface area contributed by atoms with Gasteiger partial charge in [0.25, 0.3) is 0 Å². The second-order valence-corrected chi connectivity index (χ2v) is 6.02. The first-order valence-corrected chi connectivity index (χ1v) is 8.49. The lowest BCUT2D eigenvalue weighted by Gasteiger charge is -2.21. The maximum Gasteiger partial charge on any atom is 0.193 e. The Balaban J connectivity index is 0.00000312. The predicted octanol–water partition coefficient (Wildman–Crippen LogP) is 2.55. The van der Waals surface area contributed by atoms with Crippen LogP contribution in [0.1, 0.15) is 12.0 Å². The molecule has 2 rings (SSSR count). The number of guanidine groups is 1. The van der Waals surface area contributed by atoms with Crippen LogP contribution in [-0.2, 0) is 15.9 Å². The molecule has 7 heteroatoms. The molecular weight excluding hydrogens is 436 g/mol. The smallest absolute Gasteiger partial charge is 0.193 e. The Morgan fingerprint density at radius 1 is 1.40 bits per heavy atom. The summed E-state index contributed by atoms with van der Waals surface area (Å²) in [4.78, 5) is 6.62. The molecule has 1 fully saturated rings. The molecule has 0 saturated carbocycles. The van der Waals surface area contributed by atoms with Crippen LogP contribution in [0.15, 0.2) is 29.3 Å². The Morgan fingerprint density at radius 3 is 2.96 bits per heavy atom. The van der Waals surface area contributed by atoms with Crippen molar-refractivity contribution < 1.29 is 13.9 Å². The summed E-state index contributed by atoms with van der Waals surface area (Å²) in [5.74, 6) is 1.25. The third kappa shape index (κ3) is 7.87. The molecule has 0 aromatic heterocycles. The molecule has 5 nitrogen and oxygen atoms in total. The summed E-state index contributed by atoms with van der Waals surface area (Å²) in [5, 5.41) is 3.37. The average molecular weight is 465 g/mol. The lowest BCUT2D eigenvalue weighted by molar-refractivity contribution is 0.0536. The van der Waals surface area contributed by atoms with Gasteiger partial charge < -0.3 is 19.7 Å². The molecular formula is C18H29FIN3O2. The van der Waals surface area contributed by atoms with E-state index in [-0.39, 0.29) is 29.8 Å². The minimum atomic E-state index is -0.187. The second kappa shape index (κ2) is 12.4. The molecule has 1 unspecified atom stereocenters. The molecule has 1 heterocycles. The molecule has 1 aliphatic heterocycles. The van der Waals surface area contributed by atoms with Crippen LogP contribution in [0, 0.1) is 11.7 Å². The van der Waals surface area contributed by atoms with Gasteiger partial charge in [-0.3, -0.25) is 4.99 Å². The summed E-state index contributed by atoms with van der Waals surface area (Å²) in [6, 6.07) is 6.73. The molecule has 1 saturated heterocycles. The molecule has 142 valence electrons. The van der Waals surface area contributed by atoms with Crippen molar-refractivity contribution in [2.75, 3.05) is 53.6 Å². The van der Waals surface area contributed by atoms with Gasteiger partial charge in [-0.05, 0) is 30.5 Å². The van der Waals surface area contributed by atoms with E-state index in [2.05, 4.69) is 15.2 Å². The highest BCUT2D eigenvalue weighted by molar-refractivity contribution is 14.0. The third-order valence-corrected chi connectivity index (χ3v) is 4.17. The number of aliphatic imine (C=N–C) groups is 1. The molecule has 0 spiro atoms. The molecule has 0 aliphatic carbocycles. The zero-order chi connectivity index (χ0) is 17.2. The number of halogens is 2. The number of nitrogens with one attached hydrogen (secondary N) is 1. The van der Waals surface area contributed by atoms with E-state index >= 15 is 0 Å². The van der Waals surface area contributed by atoms with Crippen molar-refractivity contribution in [1.82, 2.24) is 10.2 Å². The Hall–Kier alpha value is -0.930. The van der Waals surface area contributed by atoms with Crippen molar-refractivity contribution in [3.05, 3.63) is 35.6 Å². The van der Waals surface area contributed by atoms with Gasteiger partial charge in [-0.2, -0.15) is 0 Å². The summed E-state index contributed by atoms with van der Waals surface area (Å²) in [6.07, 6.45) is 1.88. The quantitative estimate of drug-likeness (QED) is 0.278. The highest BCUT2D eigenvalue weighted by Crippen LogP contribution is 2.16. The SMILES string of the molecule is CN=C(NCCc1cccc(F)c1)N1CCC(COCCOC)C1.I. The van der Waals surface area contributed by atoms with Crippen molar-refractivity contribution in [3.8, 4) is 0 Å². The van der Waals surface area contributed by atoms with Crippen LogP contribution in [0.5, 0.6) is 0 Å². The summed E-state index contributed by atoms with van der Waals surface area (Å²) >= 11 is 0. The number of ether oxygens (including phenoxy) is 2. The Kier molecular flexibility index (Phi) is 11.0. The normalized spacial score (nSPS) is 17.5. The molecule has 0 radical (unpaired) electrons.